The summed E-state index contributed by atoms with van der Waals surface area (Å²) in [5, 5.41) is 3.87. The first-order valence-electron chi connectivity index (χ1n) is 6.61. The van der Waals surface area contributed by atoms with E-state index < -0.39 is 0 Å². The molecule has 0 spiro atoms. The van der Waals surface area contributed by atoms with Gasteiger partial charge in [0.1, 0.15) is 0 Å². The van der Waals surface area contributed by atoms with Crippen molar-refractivity contribution in [2.24, 2.45) is 5.41 Å². The van der Waals surface area contributed by atoms with Gasteiger partial charge in [-0.2, -0.15) is 0 Å². The van der Waals surface area contributed by atoms with E-state index in [1.54, 1.807) is 0 Å². The summed E-state index contributed by atoms with van der Waals surface area (Å²) in [5.74, 6) is 0.176. The van der Waals surface area contributed by atoms with E-state index in [-0.39, 0.29) is 11.3 Å². The van der Waals surface area contributed by atoms with Gasteiger partial charge in [0.25, 0.3) is 0 Å². The molecule has 0 radical (unpaired) electrons. The highest BCUT2D eigenvalue weighted by molar-refractivity contribution is 9.08. The van der Waals surface area contributed by atoms with Gasteiger partial charge < -0.3 is 5.32 Å². The molecule has 0 aromatic heterocycles. The average Bonchev–Trinajstić information content (AvgIpc) is 2.40. The number of alkyl halides is 1. The van der Waals surface area contributed by atoms with Crippen molar-refractivity contribution in [2.75, 3.05) is 5.32 Å². The van der Waals surface area contributed by atoms with E-state index in [4.69, 9.17) is 0 Å². The Morgan fingerprint density at radius 3 is 2.61 bits per heavy atom. The van der Waals surface area contributed by atoms with Crippen LogP contribution in [-0.2, 0) is 10.1 Å². The molecular formula is C15H20BrNO. The lowest BCUT2D eigenvalue weighted by Gasteiger charge is -2.32. The minimum Gasteiger partial charge on any atom is -0.325 e. The molecule has 1 fully saturated rings. The number of carbonyl (C=O) groups is 1. The van der Waals surface area contributed by atoms with Crippen LogP contribution in [0, 0.1) is 5.41 Å². The third-order valence-corrected chi connectivity index (χ3v) is 4.52. The number of hydrogen-bond donors (Lipinski definition) is 1. The molecule has 1 aliphatic rings. The van der Waals surface area contributed by atoms with Crippen molar-refractivity contribution in [3.05, 3.63) is 29.8 Å². The second-order valence-electron chi connectivity index (χ2n) is 5.37. The summed E-state index contributed by atoms with van der Waals surface area (Å²) in [5.41, 5.74) is 1.88. The number of halogens is 1. The zero-order chi connectivity index (χ0) is 13.0. The van der Waals surface area contributed by atoms with Crippen LogP contribution in [0.5, 0.6) is 0 Å². The smallest absolute Gasteiger partial charge is 0.230 e. The van der Waals surface area contributed by atoms with E-state index in [9.17, 15) is 4.79 Å². The SMILES string of the molecule is CC1(C(=O)Nc2ccccc2CBr)CCCCC1. The fraction of sp³-hybridized carbons (Fsp3) is 0.533. The number of para-hydroxylation sites is 1. The summed E-state index contributed by atoms with van der Waals surface area (Å²) in [7, 11) is 0. The third-order valence-electron chi connectivity index (χ3n) is 3.91. The number of benzene rings is 1. The Morgan fingerprint density at radius 2 is 1.94 bits per heavy atom. The molecule has 18 heavy (non-hydrogen) atoms. The number of amides is 1. The Kier molecular flexibility index (Phi) is 4.44. The monoisotopic (exact) mass is 309 g/mol. The summed E-state index contributed by atoms with van der Waals surface area (Å²) >= 11 is 3.46. The first-order chi connectivity index (χ1) is 8.65. The van der Waals surface area contributed by atoms with Crippen molar-refractivity contribution in [2.45, 2.75) is 44.4 Å². The summed E-state index contributed by atoms with van der Waals surface area (Å²) in [6, 6.07) is 7.97. The highest BCUT2D eigenvalue weighted by Gasteiger charge is 2.34. The van der Waals surface area contributed by atoms with Crippen molar-refractivity contribution in [1.82, 2.24) is 0 Å². The van der Waals surface area contributed by atoms with Crippen molar-refractivity contribution >= 4 is 27.5 Å². The molecule has 0 bridgehead atoms. The van der Waals surface area contributed by atoms with Crippen LogP contribution in [0.3, 0.4) is 0 Å². The maximum atomic E-state index is 12.4. The highest BCUT2D eigenvalue weighted by Crippen LogP contribution is 2.37. The molecule has 0 unspecified atom stereocenters. The molecule has 1 N–H and O–H groups in total. The van der Waals surface area contributed by atoms with Crippen molar-refractivity contribution < 1.29 is 4.79 Å². The second-order valence-corrected chi connectivity index (χ2v) is 5.93. The molecule has 1 aromatic carbocycles. The summed E-state index contributed by atoms with van der Waals surface area (Å²) in [6.45, 7) is 2.10. The molecule has 0 heterocycles. The van der Waals surface area contributed by atoms with Gasteiger partial charge in [0, 0.05) is 16.4 Å². The number of hydrogen-bond acceptors (Lipinski definition) is 1. The number of rotatable bonds is 3. The van der Waals surface area contributed by atoms with Crippen LogP contribution in [0.2, 0.25) is 0 Å². The molecule has 1 saturated carbocycles. The van der Waals surface area contributed by atoms with Crippen molar-refractivity contribution in [3.8, 4) is 0 Å². The minimum atomic E-state index is -0.183. The van der Waals surface area contributed by atoms with E-state index in [0.717, 1.165) is 29.4 Å². The molecule has 1 aliphatic carbocycles. The van der Waals surface area contributed by atoms with E-state index >= 15 is 0 Å². The molecule has 1 aromatic rings. The topological polar surface area (TPSA) is 29.1 Å². The maximum absolute atomic E-state index is 12.4. The lowest BCUT2D eigenvalue weighted by atomic mass is 9.75. The van der Waals surface area contributed by atoms with Crippen LogP contribution in [0.1, 0.15) is 44.6 Å². The Labute approximate surface area is 117 Å². The van der Waals surface area contributed by atoms with E-state index in [2.05, 4.69) is 28.2 Å². The Balaban J connectivity index is 2.10. The van der Waals surface area contributed by atoms with Crippen LogP contribution in [0.4, 0.5) is 5.69 Å². The molecule has 1 amide bonds. The van der Waals surface area contributed by atoms with Gasteiger partial charge >= 0.3 is 0 Å². The zero-order valence-electron chi connectivity index (χ0n) is 10.8. The summed E-state index contributed by atoms with van der Waals surface area (Å²) < 4.78 is 0. The maximum Gasteiger partial charge on any atom is 0.230 e. The van der Waals surface area contributed by atoms with Gasteiger partial charge in [0.2, 0.25) is 5.91 Å². The first-order valence-corrected chi connectivity index (χ1v) is 7.73. The lowest BCUT2D eigenvalue weighted by molar-refractivity contribution is -0.126. The summed E-state index contributed by atoms with van der Waals surface area (Å²) in [6.07, 6.45) is 5.62. The predicted molar refractivity (Wildman–Crippen MR) is 78.9 cm³/mol. The number of nitrogens with one attached hydrogen (secondary N) is 1. The molecule has 2 rings (SSSR count). The van der Waals surface area contributed by atoms with Gasteiger partial charge in [-0.3, -0.25) is 4.79 Å². The largest absolute Gasteiger partial charge is 0.325 e. The van der Waals surface area contributed by atoms with Crippen LogP contribution in [-0.4, -0.2) is 5.91 Å². The van der Waals surface area contributed by atoms with Gasteiger partial charge in [0.05, 0.1) is 0 Å². The minimum absolute atomic E-state index is 0.176. The fourth-order valence-corrected chi connectivity index (χ4v) is 3.08. The fourth-order valence-electron chi connectivity index (χ4n) is 2.59. The molecule has 0 aliphatic heterocycles. The first kappa shape index (κ1) is 13.6. The molecule has 3 heteroatoms. The van der Waals surface area contributed by atoms with Crippen LogP contribution < -0.4 is 5.32 Å². The van der Waals surface area contributed by atoms with Gasteiger partial charge in [-0.25, -0.2) is 0 Å². The van der Waals surface area contributed by atoms with Crippen LogP contribution in [0.25, 0.3) is 0 Å². The van der Waals surface area contributed by atoms with Gasteiger partial charge in [0.15, 0.2) is 0 Å². The molecular weight excluding hydrogens is 290 g/mol. The normalized spacial score (nSPS) is 18.3. The highest BCUT2D eigenvalue weighted by atomic mass is 79.9. The standard InChI is InChI=1S/C15H20BrNO/c1-15(9-5-2-6-10-15)14(18)17-13-8-4-3-7-12(13)11-16/h3-4,7-8H,2,5-6,9-11H2,1H3,(H,17,18). The van der Waals surface area contributed by atoms with Crippen molar-refractivity contribution in [3.63, 3.8) is 0 Å². The molecule has 0 saturated heterocycles. The molecule has 2 nitrogen and oxygen atoms in total. The average molecular weight is 310 g/mol. The van der Waals surface area contributed by atoms with Gasteiger partial charge in [-0.1, -0.05) is 60.3 Å². The van der Waals surface area contributed by atoms with Gasteiger partial charge in [-0.05, 0) is 24.5 Å². The molecule has 98 valence electrons. The number of anilines is 1. The Hall–Kier alpha value is -0.830. The third kappa shape index (κ3) is 2.94. The summed E-state index contributed by atoms with van der Waals surface area (Å²) in [4.78, 5) is 12.4. The van der Waals surface area contributed by atoms with E-state index in [0.29, 0.717) is 0 Å². The zero-order valence-corrected chi connectivity index (χ0v) is 12.4. The molecule has 0 atom stereocenters. The lowest BCUT2D eigenvalue weighted by Crippen LogP contribution is -2.35. The van der Waals surface area contributed by atoms with Crippen molar-refractivity contribution in [1.29, 1.82) is 0 Å². The van der Waals surface area contributed by atoms with E-state index in [1.165, 1.54) is 19.3 Å². The number of carbonyl (C=O) groups excluding carboxylic acids is 1. The predicted octanol–water partition coefficient (Wildman–Crippen LogP) is 4.49. The Bertz CT molecular complexity index is 424. The van der Waals surface area contributed by atoms with Gasteiger partial charge in [-0.15, -0.1) is 0 Å². The Morgan fingerprint density at radius 1 is 1.28 bits per heavy atom. The van der Waals surface area contributed by atoms with E-state index in [1.807, 2.05) is 24.3 Å². The van der Waals surface area contributed by atoms with Crippen LogP contribution >= 0.6 is 15.9 Å². The second kappa shape index (κ2) is 5.87. The quantitative estimate of drug-likeness (QED) is 0.819. The van der Waals surface area contributed by atoms with Crippen LogP contribution in [0.15, 0.2) is 24.3 Å².